The molecule has 49 heavy (non-hydrogen) atoms. The molecular formula is C47H40N2. The zero-order chi connectivity index (χ0) is 33.4. The third kappa shape index (κ3) is 5.89. The minimum Gasteiger partial charge on any atom is -0.261 e. The molecule has 6 aromatic carbocycles. The molecule has 2 aliphatic carbocycles. The van der Waals surface area contributed by atoms with Gasteiger partial charge in [-0.15, -0.1) is 0 Å². The molecule has 0 N–H and O–H groups in total. The first-order chi connectivity index (χ1) is 24.0. The van der Waals surface area contributed by atoms with Crippen LogP contribution in [0.5, 0.6) is 0 Å². The van der Waals surface area contributed by atoms with Crippen LogP contribution in [0.4, 0.5) is 0 Å². The Morgan fingerprint density at radius 3 is 2.22 bits per heavy atom. The van der Waals surface area contributed by atoms with E-state index in [0.717, 1.165) is 23.4 Å². The Bertz CT molecular complexity index is 2250. The lowest BCUT2D eigenvalue weighted by molar-refractivity contribution is 0.659. The van der Waals surface area contributed by atoms with Crippen LogP contribution in [-0.2, 0) is 12.0 Å². The van der Waals surface area contributed by atoms with Crippen LogP contribution in [0.3, 0.4) is 0 Å². The highest BCUT2D eigenvalue weighted by Gasteiger charge is 2.36. The maximum Gasteiger partial charge on any atom is 0.155 e. The quantitative estimate of drug-likeness (QED) is 0.129. The molecule has 0 saturated carbocycles. The lowest BCUT2D eigenvalue weighted by atomic mass is 9.77. The molecule has 1 unspecified atom stereocenters. The standard InChI is InChI=1S/C47H40N2/c1-32-12-11-15-36(28-32)35-22-20-34(21-23-35)31-49-46(48-30-33-13-5-4-6-14-33)42-26-25-38(39-16-7-8-17-40(39)42)37-24-27-45-43(29-37)41-18-9-10-19-44(41)47(45,2)3/h4-24,26-29,31,38H,25,30H2,1-3H3/b48-46-,49-31-. The van der Waals surface area contributed by atoms with E-state index in [9.17, 15) is 0 Å². The minimum atomic E-state index is 0.00499. The Labute approximate surface area is 290 Å². The fourth-order valence-electron chi connectivity index (χ4n) is 7.67. The summed E-state index contributed by atoms with van der Waals surface area (Å²) in [5.41, 5.74) is 16.5. The van der Waals surface area contributed by atoms with Crippen LogP contribution in [0.25, 0.3) is 27.8 Å². The molecule has 2 heteroatoms. The number of fused-ring (bicyclic) bond motifs is 4. The third-order valence-corrected chi connectivity index (χ3v) is 10.3. The highest BCUT2D eigenvalue weighted by Crippen LogP contribution is 2.50. The second-order valence-corrected chi connectivity index (χ2v) is 13.8. The lowest BCUT2D eigenvalue weighted by Gasteiger charge is -2.27. The average Bonchev–Trinajstić information content (AvgIpc) is 3.37. The molecule has 0 radical (unpaired) electrons. The van der Waals surface area contributed by atoms with E-state index in [4.69, 9.17) is 9.98 Å². The van der Waals surface area contributed by atoms with Gasteiger partial charge in [-0.1, -0.05) is 171 Å². The van der Waals surface area contributed by atoms with Crippen LogP contribution < -0.4 is 0 Å². The molecule has 6 aromatic rings. The topological polar surface area (TPSA) is 24.7 Å². The fourth-order valence-corrected chi connectivity index (χ4v) is 7.67. The number of allylic oxidation sites excluding steroid dienone is 1. The van der Waals surface area contributed by atoms with Gasteiger partial charge in [0.15, 0.2) is 5.84 Å². The summed E-state index contributed by atoms with van der Waals surface area (Å²) in [5, 5.41) is 0. The van der Waals surface area contributed by atoms with Crippen molar-refractivity contribution in [3.05, 3.63) is 196 Å². The van der Waals surface area contributed by atoms with Gasteiger partial charge in [0.2, 0.25) is 0 Å². The summed E-state index contributed by atoms with van der Waals surface area (Å²) in [4.78, 5) is 10.2. The van der Waals surface area contributed by atoms with Crippen LogP contribution in [-0.4, -0.2) is 12.1 Å². The van der Waals surface area contributed by atoms with Crippen molar-refractivity contribution < 1.29 is 0 Å². The number of rotatable bonds is 6. The van der Waals surface area contributed by atoms with Gasteiger partial charge in [-0.3, -0.25) is 4.99 Å². The van der Waals surface area contributed by atoms with E-state index < -0.39 is 0 Å². The highest BCUT2D eigenvalue weighted by molar-refractivity contribution is 6.26. The lowest BCUT2D eigenvalue weighted by Crippen LogP contribution is -2.15. The molecule has 238 valence electrons. The van der Waals surface area contributed by atoms with E-state index in [2.05, 4.69) is 166 Å². The molecule has 0 heterocycles. The van der Waals surface area contributed by atoms with Crippen molar-refractivity contribution in [3.8, 4) is 22.3 Å². The largest absolute Gasteiger partial charge is 0.261 e. The summed E-state index contributed by atoms with van der Waals surface area (Å²) in [6.45, 7) is 7.39. The first kappa shape index (κ1) is 30.7. The Hall–Kier alpha value is -5.60. The summed E-state index contributed by atoms with van der Waals surface area (Å²) in [6.07, 6.45) is 5.21. The molecule has 8 rings (SSSR count). The molecule has 0 spiro atoms. The van der Waals surface area contributed by atoms with Gasteiger partial charge in [-0.05, 0) is 74.5 Å². The van der Waals surface area contributed by atoms with Crippen molar-refractivity contribution in [1.29, 1.82) is 0 Å². The second kappa shape index (κ2) is 12.8. The molecule has 0 fully saturated rings. The van der Waals surface area contributed by atoms with Crippen molar-refractivity contribution in [2.45, 2.75) is 45.1 Å². The van der Waals surface area contributed by atoms with Gasteiger partial charge in [0.25, 0.3) is 0 Å². The molecule has 2 nitrogen and oxygen atoms in total. The second-order valence-electron chi connectivity index (χ2n) is 13.8. The molecule has 0 bridgehead atoms. The Kier molecular flexibility index (Phi) is 8.01. The van der Waals surface area contributed by atoms with Crippen molar-refractivity contribution in [2.24, 2.45) is 9.98 Å². The van der Waals surface area contributed by atoms with Crippen molar-refractivity contribution in [1.82, 2.24) is 0 Å². The van der Waals surface area contributed by atoms with Crippen LogP contribution in [0, 0.1) is 6.92 Å². The van der Waals surface area contributed by atoms with Crippen LogP contribution >= 0.6 is 0 Å². The first-order valence-corrected chi connectivity index (χ1v) is 17.3. The van der Waals surface area contributed by atoms with Gasteiger partial charge in [0.05, 0.1) is 6.54 Å². The summed E-state index contributed by atoms with van der Waals surface area (Å²) in [5.74, 6) is 1.02. The summed E-state index contributed by atoms with van der Waals surface area (Å²) < 4.78 is 0. The van der Waals surface area contributed by atoms with Gasteiger partial charge < -0.3 is 0 Å². The van der Waals surface area contributed by atoms with E-state index in [0.29, 0.717) is 6.54 Å². The van der Waals surface area contributed by atoms with E-state index in [1.54, 1.807) is 0 Å². The Balaban J connectivity index is 1.14. The SMILES string of the molecule is Cc1cccc(-c2ccc(/C=N\C(=N/Cc3ccccc3)C3=CCC(c4ccc5c(c4)-c4ccccc4C5(C)C)c4ccccc43)cc2)c1. The van der Waals surface area contributed by atoms with E-state index >= 15 is 0 Å². The molecule has 2 aliphatic rings. The summed E-state index contributed by atoms with van der Waals surface area (Å²) >= 11 is 0. The Morgan fingerprint density at radius 2 is 1.41 bits per heavy atom. The molecule has 0 saturated heterocycles. The summed E-state index contributed by atoms with van der Waals surface area (Å²) in [6, 6.07) is 52.6. The monoisotopic (exact) mass is 632 g/mol. The van der Waals surface area contributed by atoms with Crippen LogP contribution in [0.15, 0.2) is 162 Å². The Morgan fingerprint density at radius 1 is 0.673 bits per heavy atom. The number of aliphatic imine (C=N–C) groups is 2. The van der Waals surface area contributed by atoms with Gasteiger partial charge >= 0.3 is 0 Å². The average molecular weight is 633 g/mol. The number of hydrogen-bond donors (Lipinski definition) is 0. The van der Waals surface area contributed by atoms with Gasteiger partial charge in [-0.25, -0.2) is 4.99 Å². The van der Waals surface area contributed by atoms with Crippen LogP contribution in [0.2, 0.25) is 0 Å². The maximum atomic E-state index is 5.14. The first-order valence-electron chi connectivity index (χ1n) is 17.3. The number of aryl methyl sites for hydroxylation is 1. The van der Waals surface area contributed by atoms with Crippen LogP contribution in [0.1, 0.15) is 70.7 Å². The van der Waals surface area contributed by atoms with Crippen molar-refractivity contribution >= 4 is 17.6 Å². The third-order valence-electron chi connectivity index (χ3n) is 10.3. The smallest absolute Gasteiger partial charge is 0.155 e. The molecule has 0 aliphatic heterocycles. The highest BCUT2D eigenvalue weighted by atomic mass is 14.9. The van der Waals surface area contributed by atoms with Crippen molar-refractivity contribution in [3.63, 3.8) is 0 Å². The number of amidine groups is 1. The van der Waals surface area contributed by atoms with Gasteiger partial charge in [0.1, 0.15) is 0 Å². The number of nitrogens with zero attached hydrogens (tertiary/aromatic N) is 2. The number of hydrogen-bond acceptors (Lipinski definition) is 1. The number of benzene rings is 6. The molecule has 1 atom stereocenters. The molecular weight excluding hydrogens is 593 g/mol. The minimum absolute atomic E-state index is 0.00499. The van der Waals surface area contributed by atoms with E-state index in [-0.39, 0.29) is 11.3 Å². The molecule has 0 aromatic heterocycles. The predicted molar refractivity (Wildman–Crippen MR) is 207 cm³/mol. The van der Waals surface area contributed by atoms with E-state index in [1.165, 1.54) is 61.2 Å². The normalized spacial score (nSPS) is 16.2. The maximum absolute atomic E-state index is 5.14. The zero-order valence-corrected chi connectivity index (χ0v) is 28.4. The summed E-state index contributed by atoms with van der Waals surface area (Å²) in [7, 11) is 0. The van der Waals surface area contributed by atoms with E-state index in [1.807, 2.05) is 12.3 Å². The van der Waals surface area contributed by atoms with Gasteiger partial charge in [0, 0.05) is 23.1 Å². The fraction of sp³-hybridized carbons (Fsp3) is 0.149. The van der Waals surface area contributed by atoms with Gasteiger partial charge in [-0.2, -0.15) is 0 Å². The predicted octanol–water partition coefficient (Wildman–Crippen LogP) is 11.6. The molecule has 0 amide bonds. The zero-order valence-electron chi connectivity index (χ0n) is 28.4. The van der Waals surface area contributed by atoms with Crippen molar-refractivity contribution in [2.75, 3.05) is 0 Å².